The molecule has 2 aromatic carbocycles. The lowest BCUT2D eigenvalue weighted by Crippen LogP contribution is -2.58. The van der Waals surface area contributed by atoms with Crippen molar-refractivity contribution < 1.29 is 4.74 Å². The number of ether oxygens (including phenoxy) is 1. The summed E-state index contributed by atoms with van der Waals surface area (Å²) in [6, 6.07) is 18.8. The van der Waals surface area contributed by atoms with Crippen molar-refractivity contribution in [2.75, 3.05) is 26.8 Å². The summed E-state index contributed by atoms with van der Waals surface area (Å²) in [6.45, 7) is 6.60. The van der Waals surface area contributed by atoms with E-state index in [2.05, 4.69) is 65.1 Å². The monoisotopic (exact) mass is 556 g/mol. The smallest absolute Gasteiger partial charge is 0.191 e. The molecule has 0 amide bonds. The maximum Gasteiger partial charge on any atom is 0.191 e. The summed E-state index contributed by atoms with van der Waals surface area (Å²) in [7, 11) is 1.80. The molecule has 0 aromatic heterocycles. The largest absolute Gasteiger partial charge is 0.381 e. The average Bonchev–Trinajstić information content (AvgIpc) is 2.78. The Balaban J connectivity index is 0.00000341. The van der Waals surface area contributed by atoms with Crippen LogP contribution in [-0.2, 0) is 4.74 Å². The van der Waals surface area contributed by atoms with Crippen LogP contribution in [0.4, 0.5) is 0 Å². The van der Waals surface area contributed by atoms with Crippen LogP contribution in [0.1, 0.15) is 49.9 Å². The van der Waals surface area contributed by atoms with Crippen LogP contribution in [-0.4, -0.2) is 38.3 Å². The number of guanidine groups is 1. The molecular formula is C24H34ClIN4O. The highest BCUT2D eigenvalue weighted by Crippen LogP contribution is 2.25. The van der Waals surface area contributed by atoms with E-state index < -0.39 is 0 Å². The Labute approximate surface area is 208 Å². The Bertz CT molecular complexity index is 827. The zero-order valence-electron chi connectivity index (χ0n) is 18.5. The minimum atomic E-state index is -0.0568. The lowest BCUT2D eigenvalue weighted by atomic mass is 9.88. The summed E-state index contributed by atoms with van der Waals surface area (Å²) >= 11 is 6.36. The van der Waals surface area contributed by atoms with Gasteiger partial charge in [-0.05, 0) is 43.9 Å². The summed E-state index contributed by atoms with van der Waals surface area (Å²) in [5, 5.41) is 11.6. The number of rotatable bonds is 7. The van der Waals surface area contributed by atoms with Gasteiger partial charge in [-0.25, -0.2) is 0 Å². The molecule has 2 unspecified atom stereocenters. The lowest BCUT2D eigenvalue weighted by Gasteiger charge is -2.41. The van der Waals surface area contributed by atoms with Crippen LogP contribution in [0, 0.1) is 0 Å². The van der Waals surface area contributed by atoms with Gasteiger partial charge < -0.3 is 20.7 Å². The van der Waals surface area contributed by atoms with E-state index in [1.54, 1.807) is 7.05 Å². The van der Waals surface area contributed by atoms with Crippen molar-refractivity contribution in [1.82, 2.24) is 16.0 Å². The molecule has 1 fully saturated rings. The van der Waals surface area contributed by atoms with E-state index in [0.717, 1.165) is 49.1 Å². The van der Waals surface area contributed by atoms with Gasteiger partial charge in [0, 0.05) is 43.4 Å². The van der Waals surface area contributed by atoms with E-state index in [1.165, 1.54) is 5.56 Å². The Morgan fingerprint density at radius 3 is 2.32 bits per heavy atom. The van der Waals surface area contributed by atoms with Gasteiger partial charge in [-0.1, -0.05) is 60.1 Å². The second-order valence-electron chi connectivity index (χ2n) is 7.98. The van der Waals surface area contributed by atoms with Crippen molar-refractivity contribution in [3.05, 3.63) is 70.7 Å². The second kappa shape index (κ2) is 12.6. The van der Waals surface area contributed by atoms with Gasteiger partial charge in [0.05, 0.1) is 6.04 Å². The second-order valence-corrected chi connectivity index (χ2v) is 8.39. The fraction of sp³-hybridized carbons (Fsp3) is 0.458. The quantitative estimate of drug-likeness (QED) is 0.253. The third-order valence-electron chi connectivity index (χ3n) is 5.81. The minimum absolute atomic E-state index is 0. The van der Waals surface area contributed by atoms with E-state index in [0.29, 0.717) is 0 Å². The molecule has 7 heteroatoms. The number of aliphatic imine (C=N–C) groups is 1. The van der Waals surface area contributed by atoms with Gasteiger partial charge in [-0.15, -0.1) is 24.0 Å². The SMILES string of the molecule is CN=C(NCC1(NC(C)c2ccccc2)CCOCC1)NC(C)c1ccccc1Cl.I. The third-order valence-corrected chi connectivity index (χ3v) is 6.16. The summed E-state index contributed by atoms with van der Waals surface area (Å²) in [4.78, 5) is 4.43. The van der Waals surface area contributed by atoms with Crippen LogP contribution in [0.25, 0.3) is 0 Å². The van der Waals surface area contributed by atoms with E-state index in [-0.39, 0.29) is 41.6 Å². The maximum atomic E-state index is 6.36. The van der Waals surface area contributed by atoms with Crippen LogP contribution >= 0.6 is 35.6 Å². The molecule has 0 aliphatic carbocycles. The molecule has 5 nitrogen and oxygen atoms in total. The Morgan fingerprint density at radius 1 is 1.03 bits per heavy atom. The van der Waals surface area contributed by atoms with Crippen molar-refractivity contribution in [1.29, 1.82) is 0 Å². The number of nitrogens with zero attached hydrogens (tertiary/aromatic N) is 1. The molecule has 2 atom stereocenters. The molecule has 31 heavy (non-hydrogen) atoms. The number of hydrogen-bond donors (Lipinski definition) is 3. The Hall–Kier alpha value is -1.35. The van der Waals surface area contributed by atoms with Gasteiger partial charge in [-0.3, -0.25) is 4.99 Å². The lowest BCUT2D eigenvalue weighted by molar-refractivity contribution is 0.0354. The topological polar surface area (TPSA) is 57.7 Å². The first-order chi connectivity index (χ1) is 14.5. The molecule has 0 spiro atoms. The van der Waals surface area contributed by atoms with Crippen LogP contribution in [0.15, 0.2) is 59.6 Å². The first kappa shape index (κ1) is 25.9. The first-order valence-electron chi connectivity index (χ1n) is 10.6. The van der Waals surface area contributed by atoms with Crippen molar-refractivity contribution in [3.8, 4) is 0 Å². The van der Waals surface area contributed by atoms with Gasteiger partial charge in [0.25, 0.3) is 0 Å². The highest BCUT2D eigenvalue weighted by molar-refractivity contribution is 14.0. The van der Waals surface area contributed by atoms with Gasteiger partial charge in [0.2, 0.25) is 0 Å². The number of benzene rings is 2. The molecule has 3 N–H and O–H groups in total. The standard InChI is InChI=1S/C24H33ClN4O.HI/c1-18(20-9-5-4-6-10-20)29-24(13-15-30-16-14-24)17-27-23(26-3)28-19(2)21-11-7-8-12-22(21)25;/h4-12,18-19,29H,13-17H2,1-3H3,(H2,26,27,28);1H. The molecule has 0 radical (unpaired) electrons. The number of halogens is 2. The van der Waals surface area contributed by atoms with Crippen molar-refractivity contribution >= 4 is 41.5 Å². The van der Waals surface area contributed by atoms with Crippen LogP contribution in [0.2, 0.25) is 5.02 Å². The molecule has 0 saturated carbocycles. The van der Waals surface area contributed by atoms with E-state index in [9.17, 15) is 0 Å². The Kier molecular flexibility index (Phi) is 10.6. The molecule has 2 aromatic rings. The number of nitrogens with one attached hydrogen (secondary N) is 3. The molecule has 1 aliphatic rings. The van der Waals surface area contributed by atoms with E-state index in [1.807, 2.05) is 24.3 Å². The van der Waals surface area contributed by atoms with Gasteiger partial charge >= 0.3 is 0 Å². The van der Waals surface area contributed by atoms with Crippen LogP contribution in [0.3, 0.4) is 0 Å². The molecule has 0 bridgehead atoms. The highest BCUT2D eigenvalue weighted by atomic mass is 127. The zero-order valence-corrected chi connectivity index (χ0v) is 21.6. The first-order valence-corrected chi connectivity index (χ1v) is 11.0. The Morgan fingerprint density at radius 2 is 1.68 bits per heavy atom. The van der Waals surface area contributed by atoms with E-state index in [4.69, 9.17) is 16.3 Å². The zero-order chi connectivity index (χ0) is 21.4. The molecule has 170 valence electrons. The molecule has 1 saturated heterocycles. The summed E-state index contributed by atoms with van der Waals surface area (Å²) in [5.41, 5.74) is 2.29. The summed E-state index contributed by atoms with van der Waals surface area (Å²) in [5.74, 6) is 0.766. The van der Waals surface area contributed by atoms with Gasteiger partial charge in [0.15, 0.2) is 5.96 Å². The van der Waals surface area contributed by atoms with Crippen LogP contribution < -0.4 is 16.0 Å². The maximum absolute atomic E-state index is 6.36. The highest BCUT2D eigenvalue weighted by Gasteiger charge is 2.34. The molecule has 1 aliphatic heterocycles. The molecule has 1 heterocycles. The third kappa shape index (κ3) is 7.34. The van der Waals surface area contributed by atoms with Crippen molar-refractivity contribution in [2.24, 2.45) is 4.99 Å². The predicted octanol–water partition coefficient (Wildman–Crippen LogP) is 5.08. The predicted molar refractivity (Wildman–Crippen MR) is 141 cm³/mol. The van der Waals surface area contributed by atoms with E-state index >= 15 is 0 Å². The molecule has 3 rings (SSSR count). The van der Waals surface area contributed by atoms with Gasteiger partial charge in [0.1, 0.15) is 0 Å². The number of hydrogen-bond acceptors (Lipinski definition) is 3. The van der Waals surface area contributed by atoms with Crippen molar-refractivity contribution in [2.45, 2.75) is 44.3 Å². The summed E-state index contributed by atoms with van der Waals surface area (Å²) in [6.07, 6.45) is 1.91. The fourth-order valence-electron chi connectivity index (χ4n) is 3.98. The fourth-order valence-corrected chi connectivity index (χ4v) is 4.27. The minimum Gasteiger partial charge on any atom is -0.381 e. The van der Waals surface area contributed by atoms with Crippen LogP contribution in [0.5, 0.6) is 0 Å². The normalized spacial score (nSPS) is 17.9. The van der Waals surface area contributed by atoms with Crippen molar-refractivity contribution in [3.63, 3.8) is 0 Å². The summed E-state index contributed by atoms with van der Waals surface area (Å²) < 4.78 is 5.65. The van der Waals surface area contributed by atoms with Gasteiger partial charge in [-0.2, -0.15) is 0 Å². The average molecular weight is 557 g/mol. The molecular weight excluding hydrogens is 523 g/mol.